The molecular weight excluding hydrogens is 582 g/mol. The SMILES string of the molecule is COc1ccc(P(=O)([O-])OP(=O)([O-])OC[C@H]2O[C@@H](n3ccc(=O)[nH]c3=O)C3OC(CCc4ccccc4)O[C@H]32)cc1. The summed E-state index contributed by atoms with van der Waals surface area (Å²) in [6, 6.07) is 15.6. The van der Waals surface area contributed by atoms with E-state index in [1.165, 1.54) is 25.4 Å². The van der Waals surface area contributed by atoms with Crippen molar-refractivity contribution in [2.45, 2.75) is 43.7 Å². The van der Waals surface area contributed by atoms with Crippen molar-refractivity contribution in [3.63, 3.8) is 0 Å². The average molecular weight is 608 g/mol. The smallest absolute Gasteiger partial charge is 0.330 e. The third-order valence-electron chi connectivity index (χ3n) is 6.53. The van der Waals surface area contributed by atoms with Gasteiger partial charge in [0.25, 0.3) is 13.4 Å². The summed E-state index contributed by atoms with van der Waals surface area (Å²) >= 11 is 0. The van der Waals surface area contributed by atoms with E-state index >= 15 is 0 Å². The minimum absolute atomic E-state index is 0.361. The number of fused-ring (bicyclic) bond motifs is 1. The number of nitrogens with zero attached hydrogens (tertiary/aromatic N) is 1. The Balaban J connectivity index is 1.29. The van der Waals surface area contributed by atoms with Gasteiger partial charge in [0.1, 0.15) is 24.1 Å². The lowest BCUT2D eigenvalue weighted by Gasteiger charge is -2.32. The molecule has 2 aliphatic heterocycles. The lowest BCUT2D eigenvalue weighted by Crippen LogP contribution is -2.36. The minimum atomic E-state index is -5.41. The molecule has 220 valence electrons. The molecule has 0 spiro atoms. The van der Waals surface area contributed by atoms with E-state index in [4.69, 9.17) is 23.5 Å². The van der Waals surface area contributed by atoms with Gasteiger partial charge >= 0.3 is 5.69 Å². The summed E-state index contributed by atoms with van der Waals surface area (Å²) in [4.78, 5) is 51.2. The summed E-state index contributed by atoms with van der Waals surface area (Å²) in [5, 5.41) is -0.401. The van der Waals surface area contributed by atoms with Crippen LogP contribution in [0.5, 0.6) is 5.75 Å². The zero-order valence-corrected chi connectivity index (χ0v) is 23.4. The number of benzene rings is 2. The molecule has 2 aromatic carbocycles. The number of ether oxygens (including phenoxy) is 4. The fraction of sp³-hybridized carbons (Fsp3) is 0.360. The molecule has 16 heteroatoms. The van der Waals surface area contributed by atoms with Crippen molar-refractivity contribution in [3.05, 3.63) is 93.3 Å². The van der Waals surface area contributed by atoms with Crippen molar-refractivity contribution in [1.82, 2.24) is 9.55 Å². The van der Waals surface area contributed by atoms with Crippen molar-refractivity contribution in [2.24, 2.45) is 0 Å². The highest BCUT2D eigenvalue weighted by atomic mass is 31.3. The summed E-state index contributed by atoms with van der Waals surface area (Å²) in [6.07, 6.45) is -2.40. The Hall–Kier alpha value is -2.90. The predicted octanol–water partition coefficient (Wildman–Crippen LogP) is 0.566. The largest absolute Gasteiger partial charge is 0.775 e. The molecule has 0 radical (unpaired) electrons. The van der Waals surface area contributed by atoms with E-state index in [1.807, 2.05) is 30.3 Å². The zero-order chi connectivity index (χ0) is 29.2. The normalized spacial score (nSPS) is 26.7. The second-order valence-electron chi connectivity index (χ2n) is 9.26. The molecule has 3 aromatic rings. The molecule has 7 atom stereocenters. The lowest BCUT2D eigenvalue weighted by atomic mass is 10.1. The second-order valence-corrected chi connectivity index (χ2v) is 12.6. The first-order valence-corrected chi connectivity index (χ1v) is 15.5. The molecule has 2 saturated heterocycles. The molecule has 2 aliphatic rings. The van der Waals surface area contributed by atoms with Crippen LogP contribution in [0.1, 0.15) is 18.2 Å². The van der Waals surface area contributed by atoms with Crippen LogP contribution < -0.4 is 31.1 Å². The van der Waals surface area contributed by atoms with Gasteiger partial charge in [-0.2, -0.15) is 0 Å². The Morgan fingerprint density at radius 3 is 2.34 bits per heavy atom. The maximum absolute atomic E-state index is 12.5. The number of hydrogen-bond acceptors (Lipinski definition) is 12. The maximum Gasteiger partial charge on any atom is 0.330 e. The number of methoxy groups -OCH3 is 1. The molecule has 0 amide bonds. The summed E-state index contributed by atoms with van der Waals surface area (Å²) in [5.41, 5.74) is -0.346. The molecule has 14 nitrogen and oxygen atoms in total. The number of H-pyrrole nitrogens is 1. The predicted molar refractivity (Wildman–Crippen MR) is 138 cm³/mol. The number of phosphoric ester groups is 1. The molecule has 3 heterocycles. The summed E-state index contributed by atoms with van der Waals surface area (Å²) in [7, 11) is -9.10. The van der Waals surface area contributed by atoms with Gasteiger partial charge in [0.15, 0.2) is 20.1 Å². The quantitative estimate of drug-likeness (QED) is 0.298. The first-order valence-electron chi connectivity index (χ1n) is 12.5. The first-order chi connectivity index (χ1) is 19.5. The highest BCUT2D eigenvalue weighted by Gasteiger charge is 2.53. The number of aromatic amines is 1. The average Bonchev–Trinajstić information content (AvgIpc) is 3.50. The van der Waals surface area contributed by atoms with Crippen LogP contribution in [0.2, 0.25) is 0 Å². The highest BCUT2D eigenvalue weighted by Crippen LogP contribution is 2.55. The number of phosphoric acid groups is 1. The van der Waals surface area contributed by atoms with Crippen molar-refractivity contribution < 1.29 is 46.7 Å². The van der Waals surface area contributed by atoms with Crippen LogP contribution in [0.3, 0.4) is 0 Å². The zero-order valence-electron chi connectivity index (χ0n) is 21.6. The molecule has 41 heavy (non-hydrogen) atoms. The molecule has 0 aliphatic carbocycles. The van der Waals surface area contributed by atoms with Gasteiger partial charge in [-0.25, -0.2) is 4.79 Å². The van der Waals surface area contributed by atoms with Crippen LogP contribution in [0.25, 0.3) is 0 Å². The fourth-order valence-electron chi connectivity index (χ4n) is 4.58. The standard InChI is InChI=1S/C25H28N2O12P2/c1-34-17-8-10-18(11-9-17)40(30,31)39-41(32,33)35-15-19-22-23(24(36-19)27-14-13-20(28)26-25(27)29)38-21(37-22)12-7-16-5-3-2-4-6-16/h2-6,8-11,13-14,19,21-24H,7,12,15H2,1H3,(H,30,31)(H,32,33)(H,26,28,29)/p-2/t19-,21?,22+,23?,24-/m1/s1. The molecular formula is C25H26N2O12P2-2. The summed E-state index contributed by atoms with van der Waals surface area (Å²) in [6.45, 7) is -0.700. The van der Waals surface area contributed by atoms with Crippen LogP contribution in [0.4, 0.5) is 0 Å². The second kappa shape index (κ2) is 12.1. The number of hydrogen-bond donors (Lipinski definition) is 1. The molecule has 1 N–H and O–H groups in total. The van der Waals surface area contributed by atoms with E-state index in [9.17, 15) is 28.5 Å². The maximum atomic E-state index is 12.5. The fourth-order valence-corrected chi connectivity index (χ4v) is 7.05. The topological polar surface area (TPSA) is 190 Å². The molecule has 2 fully saturated rings. The van der Waals surface area contributed by atoms with Crippen molar-refractivity contribution in [2.75, 3.05) is 13.7 Å². The Bertz CT molecular complexity index is 1560. The van der Waals surface area contributed by atoms with E-state index in [1.54, 1.807) is 0 Å². The molecule has 0 saturated carbocycles. The molecule has 1 aromatic heterocycles. The van der Waals surface area contributed by atoms with Gasteiger partial charge in [-0.1, -0.05) is 30.3 Å². The van der Waals surface area contributed by atoms with E-state index in [2.05, 4.69) is 9.29 Å². The van der Waals surface area contributed by atoms with E-state index in [0.29, 0.717) is 18.6 Å². The van der Waals surface area contributed by atoms with Crippen LogP contribution in [0, 0.1) is 0 Å². The third kappa shape index (κ3) is 6.95. The van der Waals surface area contributed by atoms with Crippen molar-refractivity contribution in [3.8, 4) is 5.75 Å². The molecule has 5 rings (SSSR count). The summed E-state index contributed by atoms with van der Waals surface area (Å²) in [5.74, 6) is 0.361. The number of nitrogens with one attached hydrogen (secondary N) is 1. The van der Waals surface area contributed by atoms with E-state index in [-0.39, 0.29) is 0 Å². The minimum Gasteiger partial charge on any atom is -0.775 e. The number of aryl methyl sites for hydroxylation is 1. The highest BCUT2D eigenvalue weighted by molar-refractivity contribution is 7.67. The van der Waals surface area contributed by atoms with Gasteiger partial charge in [0.05, 0.1) is 13.7 Å². The van der Waals surface area contributed by atoms with Gasteiger partial charge < -0.3 is 37.8 Å². The molecule has 0 bridgehead atoms. The van der Waals surface area contributed by atoms with Gasteiger partial charge in [0.2, 0.25) is 0 Å². The Kier molecular flexibility index (Phi) is 8.76. The first kappa shape index (κ1) is 29.6. The van der Waals surface area contributed by atoms with Gasteiger partial charge in [-0.05, 0) is 36.2 Å². The van der Waals surface area contributed by atoms with E-state index in [0.717, 1.165) is 28.3 Å². The molecule has 4 unspecified atom stereocenters. The Labute approximate surface area is 233 Å². The van der Waals surface area contributed by atoms with Gasteiger partial charge in [0, 0.05) is 24.0 Å². The Morgan fingerprint density at radius 1 is 0.951 bits per heavy atom. The van der Waals surface area contributed by atoms with Crippen molar-refractivity contribution >= 4 is 20.7 Å². The number of rotatable bonds is 11. The van der Waals surface area contributed by atoms with Crippen LogP contribution in [-0.2, 0) is 38.6 Å². The Morgan fingerprint density at radius 2 is 1.66 bits per heavy atom. The number of aromatic nitrogens is 2. The third-order valence-corrected chi connectivity index (χ3v) is 9.59. The van der Waals surface area contributed by atoms with Gasteiger partial charge in [-0.15, -0.1) is 0 Å². The van der Waals surface area contributed by atoms with Crippen molar-refractivity contribution in [1.29, 1.82) is 0 Å². The summed E-state index contributed by atoms with van der Waals surface area (Å²) < 4.78 is 58.4. The van der Waals surface area contributed by atoms with Gasteiger partial charge in [-0.3, -0.25) is 23.2 Å². The monoisotopic (exact) mass is 608 g/mol. The van der Waals surface area contributed by atoms with Crippen LogP contribution in [0.15, 0.2) is 76.4 Å². The van der Waals surface area contributed by atoms with Crippen LogP contribution in [-0.4, -0.2) is 47.9 Å². The van der Waals surface area contributed by atoms with E-state index < -0.39 is 69.4 Å². The lowest BCUT2D eigenvalue weighted by molar-refractivity contribution is -0.233. The van der Waals surface area contributed by atoms with Crippen LogP contribution >= 0.6 is 15.4 Å².